The monoisotopic (exact) mass is 400 g/mol. The zero-order valence-electron chi connectivity index (χ0n) is 11.5. The molecule has 1 aliphatic heterocycles. The Labute approximate surface area is 147 Å². The molecule has 1 amide bonds. The predicted molar refractivity (Wildman–Crippen MR) is 84.8 cm³/mol. The molecule has 23 heavy (non-hydrogen) atoms. The van der Waals surface area contributed by atoms with E-state index in [9.17, 15) is 18.0 Å². The highest BCUT2D eigenvalue weighted by atomic mass is 35.5. The van der Waals surface area contributed by atoms with E-state index in [1.165, 1.54) is 0 Å². The van der Waals surface area contributed by atoms with E-state index >= 15 is 0 Å². The summed E-state index contributed by atoms with van der Waals surface area (Å²) in [5, 5.41) is 2.34. The van der Waals surface area contributed by atoms with E-state index in [0.29, 0.717) is 6.42 Å². The lowest BCUT2D eigenvalue weighted by Gasteiger charge is -2.11. The van der Waals surface area contributed by atoms with Crippen molar-refractivity contribution in [3.63, 3.8) is 0 Å². The Morgan fingerprint density at radius 2 is 2.00 bits per heavy atom. The fraction of sp³-hybridized carbons (Fsp3) is 0.417. The van der Waals surface area contributed by atoms with E-state index in [0.717, 1.165) is 6.20 Å². The first kappa shape index (κ1) is 18.3. The van der Waals surface area contributed by atoms with Crippen LogP contribution in [0, 0.1) is 0 Å². The van der Waals surface area contributed by atoms with E-state index in [4.69, 9.17) is 39.5 Å². The van der Waals surface area contributed by atoms with Gasteiger partial charge in [-0.25, -0.2) is 18.2 Å². The van der Waals surface area contributed by atoms with Crippen LogP contribution in [0.4, 0.5) is 0 Å². The van der Waals surface area contributed by atoms with Gasteiger partial charge in [-0.05, 0) is 6.42 Å². The first-order valence-corrected chi connectivity index (χ1v) is 9.31. The highest BCUT2D eigenvalue weighted by Gasteiger charge is 2.29. The lowest BCUT2D eigenvalue weighted by atomic mass is 10.2. The third kappa shape index (κ3) is 4.69. The van der Waals surface area contributed by atoms with Crippen molar-refractivity contribution in [3.05, 3.63) is 27.0 Å². The van der Waals surface area contributed by atoms with Crippen LogP contribution in [0.2, 0.25) is 15.1 Å². The number of sulfone groups is 1. The third-order valence-corrected chi connectivity index (χ3v) is 6.05. The maximum Gasteiger partial charge on any atom is 0.359 e. The molecule has 0 unspecified atom stereocenters. The summed E-state index contributed by atoms with van der Waals surface area (Å²) in [6.07, 6.45) is 1.47. The molecular weight excluding hydrogens is 391 g/mol. The normalized spacial score (nSPS) is 19.3. The Morgan fingerprint density at radius 3 is 2.61 bits per heavy atom. The first-order valence-electron chi connectivity index (χ1n) is 6.36. The van der Waals surface area contributed by atoms with Crippen LogP contribution in [0.3, 0.4) is 0 Å². The average molecular weight is 402 g/mol. The van der Waals surface area contributed by atoms with Crippen molar-refractivity contribution in [2.24, 2.45) is 0 Å². The Hall–Kier alpha value is -1.09. The van der Waals surface area contributed by atoms with Crippen molar-refractivity contribution < 1.29 is 22.7 Å². The minimum absolute atomic E-state index is 0.0283. The molecule has 0 aromatic carbocycles. The fourth-order valence-electron chi connectivity index (χ4n) is 1.96. The van der Waals surface area contributed by atoms with Crippen molar-refractivity contribution in [3.8, 4) is 0 Å². The summed E-state index contributed by atoms with van der Waals surface area (Å²) in [6, 6.07) is -0.474. The number of esters is 1. The number of carbonyl (C=O) groups is 2. The topological polar surface area (TPSA) is 102 Å². The second kappa shape index (κ2) is 7.21. The lowest BCUT2D eigenvalue weighted by Crippen LogP contribution is -2.38. The van der Waals surface area contributed by atoms with Crippen LogP contribution >= 0.6 is 34.8 Å². The zero-order valence-corrected chi connectivity index (χ0v) is 14.6. The average Bonchev–Trinajstić information content (AvgIpc) is 2.81. The molecule has 2 rings (SSSR count). The maximum atomic E-state index is 11.8. The van der Waals surface area contributed by atoms with Crippen LogP contribution in [0.5, 0.6) is 0 Å². The number of hydrogen-bond acceptors (Lipinski definition) is 6. The highest BCUT2D eigenvalue weighted by Crippen LogP contribution is 2.31. The summed E-state index contributed by atoms with van der Waals surface area (Å²) in [5.74, 6) is -1.65. The van der Waals surface area contributed by atoms with Crippen LogP contribution in [-0.2, 0) is 19.4 Å². The summed E-state index contributed by atoms with van der Waals surface area (Å²) in [4.78, 5) is 27.2. The van der Waals surface area contributed by atoms with Crippen molar-refractivity contribution in [1.29, 1.82) is 0 Å². The van der Waals surface area contributed by atoms with Crippen molar-refractivity contribution >= 4 is 56.5 Å². The Balaban J connectivity index is 1.90. The molecule has 1 atom stereocenters. The molecule has 0 radical (unpaired) electrons. The largest absolute Gasteiger partial charge is 0.451 e. The van der Waals surface area contributed by atoms with E-state index in [-0.39, 0.29) is 32.3 Å². The molecule has 0 saturated carbocycles. The number of rotatable bonds is 4. The molecule has 1 saturated heterocycles. The second-order valence-corrected chi connectivity index (χ2v) is 8.22. The van der Waals surface area contributed by atoms with Crippen LogP contribution in [0.1, 0.15) is 16.9 Å². The minimum Gasteiger partial charge on any atom is -0.451 e. The van der Waals surface area contributed by atoms with Gasteiger partial charge in [-0.2, -0.15) is 0 Å². The number of halogens is 3. The van der Waals surface area contributed by atoms with Crippen LogP contribution < -0.4 is 5.32 Å². The van der Waals surface area contributed by atoms with Gasteiger partial charge in [-0.15, -0.1) is 0 Å². The molecule has 2 heterocycles. The van der Waals surface area contributed by atoms with Gasteiger partial charge < -0.3 is 10.1 Å². The Kier molecular flexibility index (Phi) is 5.72. The quantitative estimate of drug-likeness (QED) is 0.767. The van der Waals surface area contributed by atoms with Gasteiger partial charge in [0.25, 0.3) is 5.91 Å². The molecule has 1 aromatic rings. The fourth-order valence-corrected chi connectivity index (χ4v) is 4.19. The Bertz CT molecular complexity index is 753. The summed E-state index contributed by atoms with van der Waals surface area (Å²) in [6.45, 7) is -0.590. The summed E-state index contributed by atoms with van der Waals surface area (Å²) in [7, 11) is -3.11. The summed E-state index contributed by atoms with van der Waals surface area (Å²) >= 11 is 17.3. The Morgan fingerprint density at radius 1 is 1.30 bits per heavy atom. The number of nitrogens with one attached hydrogen (secondary N) is 1. The number of ether oxygens (including phenoxy) is 1. The van der Waals surface area contributed by atoms with Gasteiger partial charge in [0.05, 0.1) is 26.6 Å². The molecule has 1 aromatic heterocycles. The first-order chi connectivity index (χ1) is 10.7. The highest BCUT2D eigenvalue weighted by molar-refractivity contribution is 7.91. The lowest BCUT2D eigenvalue weighted by molar-refractivity contribution is -0.124. The molecule has 7 nitrogen and oxygen atoms in total. The number of nitrogens with zero attached hydrogens (tertiary/aromatic N) is 1. The molecule has 126 valence electrons. The molecule has 11 heteroatoms. The van der Waals surface area contributed by atoms with E-state index < -0.39 is 34.4 Å². The molecule has 1 N–H and O–H groups in total. The van der Waals surface area contributed by atoms with Crippen molar-refractivity contribution in [2.45, 2.75) is 12.5 Å². The van der Waals surface area contributed by atoms with Gasteiger partial charge in [-0.1, -0.05) is 34.8 Å². The van der Waals surface area contributed by atoms with Crippen LogP contribution in [0.15, 0.2) is 6.20 Å². The number of hydrogen-bond donors (Lipinski definition) is 1. The molecule has 1 fully saturated rings. The SMILES string of the molecule is O=C(COC(=O)c1ncc(Cl)c(Cl)c1Cl)N[C@@H]1CCS(=O)(=O)C1. The smallest absolute Gasteiger partial charge is 0.359 e. The van der Waals surface area contributed by atoms with Crippen molar-refractivity contribution in [1.82, 2.24) is 10.3 Å². The van der Waals surface area contributed by atoms with Gasteiger partial charge in [0.1, 0.15) is 0 Å². The second-order valence-electron chi connectivity index (χ2n) is 4.83. The summed E-state index contributed by atoms with van der Waals surface area (Å²) < 4.78 is 27.4. The van der Waals surface area contributed by atoms with E-state index in [2.05, 4.69) is 10.3 Å². The zero-order chi connectivity index (χ0) is 17.2. The molecule has 0 spiro atoms. The third-order valence-electron chi connectivity index (χ3n) is 3.04. The van der Waals surface area contributed by atoms with Crippen molar-refractivity contribution in [2.75, 3.05) is 18.1 Å². The number of amides is 1. The number of aromatic nitrogens is 1. The van der Waals surface area contributed by atoms with Gasteiger partial charge in [-0.3, -0.25) is 4.79 Å². The number of pyridine rings is 1. The van der Waals surface area contributed by atoms with E-state index in [1.807, 2.05) is 0 Å². The number of carbonyl (C=O) groups excluding carboxylic acids is 2. The van der Waals surface area contributed by atoms with Crippen LogP contribution in [0.25, 0.3) is 0 Å². The molecule has 0 bridgehead atoms. The standard InChI is InChI=1S/C12H11Cl3N2O5S/c13-7-3-16-11(10(15)9(7)14)12(19)22-4-8(18)17-6-1-2-23(20,21)5-6/h3,6H,1-2,4-5H2,(H,17,18)/t6-/m1/s1. The van der Waals surface area contributed by atoms with Gasteiger partial charge >= 0.3 is 5.97 Å². The summed E-state index contributed by atoms with van der Waals surface area (Å²) in [5.41, 5.74) is -0.266. The predicted octanol–water partition coefficient (Wildman–Crippen LogP) is 1.50. The van der Waals surface area contributed by atoms with Gasteiger partial charge in [0, 0.05) is 12.2 Å². The van der Waals surface area contributed by atoms with Crippen LogP contribution in [-0.4, -0.2) is 49.4 Å². The van der Waals surface area contributed by atoms with Gasteiger partial charge in [0.15, 0.2) is 22.1 Å². The maximum absolute atomic E-state index is 11.8. The molecule has 1 aliphatic rings. The van der Waals surface area contributed by atoms with Gasteiger partial charge in [0.2, 0.25) is 0 Å². The molecular formula is C12H11Cl3N2O5S. The molecule has 0 aliphatic carbocycles. The van der Waals surface area contributed by atoms with E-state index in [1.54, 1.807) is 0 Å². The minimum atomic E-state index is -3.11.